The fraction of sp³-hybridized carbons (Fsp3) is 0.0455. The van der Waals surface area contributed by atoms with E-state index in [-0.39, 0.29) is 6.61 Å². The lowest BCUT2D eigenvalue weighted by Gasteiger charge is -2.09. The van der Waals surface area contributed by atoms with Gasteiger partial charge in [-0.05, 0) is 54.1 Å². The zero-order valence-corrected chi connectivity index (χ0v) is 18.2. The minimum absolute atomic E-state index is 0.195. The van der Waals surface area contributed by atoms with E-state index in [4.69, 9.17) is 39.5 Å². The molecule has 6 nitrogen and oxygen atoms in total. The summed E-state index contributed by atoms with van der Waals surface area (Å²) in [6.07, 6.45) is 1.39. The third-order valence-corrected chi connectivity index (χ3v) is 4.95. The van der Waals surface area contributed by atoms with Gasteiger partial charge in [0.2, 0.25) is 0 Å². The molecule has 0 fully saturated rings. The quantitative estimate of drug-likeness (QED) is 0.287. The van der Waals surface area contributed by atoms with Gasteiger partial charge in [-0.15, -0.1) is 0 Å². The normalized spacial score (nSPS) is 10.7. The summed E-state index contributed by atoms with van der Waals surface area (Å²) in [6, 6.07) is 18.6. The molecule has 0 spiro atoms. The molecule has 0 saturated heterocycles. The SMILES string of the molecule is O=C(N/N=C/c1cccc(OCc2c(Cl)cccc2Cl)c1)C(=O)Nc1ccc(Cl)cc1. The molecule has 9 heteroatoms. The molecule has 0 aromatic heterocycles. The molecule has 0 aliphatic heterocycles. The van der Waals surface area contributed by atoms with Crippen molar-refractivity contribution < 1.29 is 14.3 Å². The van der Waals surface area contributed by atoms with Crippen molar-refractivity contribution in [3.63, 3.8) is 0 Å². The van der Waals surface area contributed by atoms with E-state index in [2.05, 4.69) is 15.8 Å². The summed E-state index contributed by atoms with van der Waals surface area (Å²) in [6.45, 7) is 0.195. The van der Waals surface area contributed by atoms with Crippen LogP contribution in [0.25, 0.3) is 0 Å². The fourth-order valence-corrected chi connectivity index (χ4v) is 3.08. The van der Waals surface area contributed by atoms with Crippen molar-refractivity contribution in [2.75, 3.05) is 5.32 Å². The molecule has 0 unspecified atom stereocenters. The van der Waals surface area contributed by atoms with E-state index in [0.29, 0.717) is 37.6 Å². The predicted molar refractivity (Wildman–Crippen MR) is 123 cm³/mol. The Bertz CT molecular complexity index is 1100. The number of nitrogens with one attached hydrogen (secondary N) is 2. The Morgan fingerprint density at radius 1 is 0.903 bits per heavy atom. The van der Waals surface area contributed by atoms with Crippen molar-refractivity contribution in [2.45, 2.75) is 6.61 Å². The number of rotatable bonds is 6. The molecule has 2 N–H and O–H groups in total. The van der Waals surface area contributed by atoms with Crippen LogP contribution >= 0.6 is 34.8 Å². The van der Waals surface area contributed by atoms with E-state index in [9.17, 15) is 9.59 Å². The van der Waals surface area contributed by atoms with Crippen LogP contribution in [0, 0.1) is 0 Å². The predicted octanol–water partition coefficient (Wildman–Crippen LogP) is 5.31. The molecule has 0 heterocycles. The van der Waals surface area contributed by atoms with Crippen LogP contribution < -0.4 is 15.5 Å². The Kier molecular flexibility index (Phi) is 7.89. The van der Waals surface area contributed by atoms with E-state index in [1.807, 2.05) is 0 Å². The summed E-state index contributed by atoms with van der Waals surface area (Å²) >= 11 is 18.1. The van der Waals surface area contributed by atoms with Crippen molar-refractivity contribution in [3.8, 4) is 5.75 Å². The van der Waals surface area contributed by atoms with Crippen molar-refractivity contribution in [1.82, 2.24) is 5.43 Å². The Morgan fingerprint density at radius 2 is 1.58 bits per heavy atom. The molecular formula is C22H16Cl3N3O3. The standard InChI is InChI=1S/C22H16Cl3N3O3/c23-15-7-9-16(10-8-15)27-21(29)22(30)28-26-12-14-3-1-4-17(11-14)31-13-18-19(24)5-2-6-20(18)25/h1-12H,13H2,(H,27,29)(H,28,30)/b26-12+. The number of nitrogens with zero attached hydrogens (tertiary/aromatic N) is 1. The number of carbonyl (C=O) groups excluding carboxylic acids is 2. The summed E-state index contributed by atoms with van der Waals surface area (Å²) < 4.78 is 5.74. The fourth-order valence-electron chi connectivity index (χ4n) is 2.45. The number of benzene rings is 3. The molecular weight excluding hydrogens is 461 g/mol. The molecule has 0 radical (unpaired) electrons. The van der Waals surface area contributed by atoms with E-state index < -0.39 is 11.8 Å². The molecule has 0 atom stereocenters. The highest BCUT2D eigenvalue weighted by molar-refractivity contribution is 6.39. The Labute approximate surface area is 193 Å². The van der Waals surface area contributed by atoms with Gasteiger partial charge in [0.05, 0.1) is 6.21 Å². The first-order chi connectivity index (χ1) is 14.9. The zero-order chi connectivity index (χ0) is 22.2. The van der Waals surface area contributed by atoms with Gasteiger partial charge in [-0.3, -0.25) is 9.59 Å². The van der Waals surface area contributed by atoms with E-state index in [0.717, 1.165) is 0 Å². The maximum absolute atomic E-state index is 11.9. The van der Waals surface area contributed by atoms with Gasteiger partial charge < -0.3 is 10.1 Å². The molecule has 0 saturated carbocycles. The first-order valence-electron chi connectivity index (χ1n) is 8.98. The minimum Gasteiger partial charge on any atom is -0.489 e. The van der Waals surface area contributed by atoms with Gasteiger partial charge in [0.25, 0.3) is 0 Å². The van der Waals surface area contributed by atoms with Crippen LogP contribution in [-0.2, 0) is 16.2 Å². The molecule has 0 aliphatic carbocycles. The maximum atomic E-state index is 11.9. The topological polar surface area (TPSA) is 79.8 Å². The second-order valence-electron chi connectivity index (χ2n) is 6.22. The third kappa shape index (κ3) is 6.72. The van der Waals surface area contributed by atoms with E-state index in [1.54, 1.807) is 66.7 Å². The van der Waals surface area contributed by atoms with Crippen molar-refractivity contribution >= 4 is 58.5 Å². The number of anilines is 1. The van der Waals surface area contributed by atoms with Gasteiger partial charge in [-0.1, -0.05) is 53.0 Å². The average Bonchev–Trinajstić information content (AvgIpc) is 2.75. The summed E-state index contributed by atoms with van der Waals surface area (Å²) in [5, 5.41) is 7.80. The van der Waals surface area contributed by atoms with Crippen LogP contribution in [0.4, 0.5) is 5.69 Å². The molecule has 3 aromatic rings. The largest absolute Gasteiger partial charge is 0.489 e. The Hall–Kier alpha value is -3.06. The molecule has 0 aliphatic rings. The highest BCUT2D eigenvalue weighted by Crippen LogP contribution is 2.26. The zero-order valence-electron chi connectivity index (χ0n) is 15.9. The monoisotopic (exact) mass is 475 g/mol. The third-order valence-electron chi connectivity index (χ3n) is 3.99. The minimum atomic E-state index is -0.910. The average molecular weight is 477 g/mol. The molecule has 158 valence electrons. The Morgan fingerprint density at radius 3 is 2.29 bits per heavy atom. The van der Waals surface area contributed by atoms with Gasteiger partial charge in [0.15, 0.2) is 0 Å². The molecule has 3 aromatic carbocycles. The number of hydrazone groups is 1. The van der Waals surface area contributed by atoms with Crippen molar-refractivity contribution in [2.24, 2.45) is 5.10 Å². The number of ether oxygens (including phenoxy) is 1. The summed E-state index contributed by atoms with van der Waals surface area (Å²) in [5.74, 6) is -1.20. The second kappa shape index (κ2) is 10.8. The summed E-state index contributed by atoms with van der Waals surface area (Å²) in [5.41, 5.74) is 3.95. The van der Waals surface area contributed by atoms with Gasteiger partial charge in [0, 0.05) is 26.3 Å². The van der Waals surface area contributed by atoms with Crippen molar-refractivity contribution in [1.29, 1.82) is 0 Å². The summed E-state index contributed by atoms with van der Waals surface area (Å²) in [4.78, 5) is 23.8. The van der Waals surface area contributed by atoms with Gasteiger partial charge in [0.1, 0.15) is 12.4 Å². The lowest BCUT2D eigenvalue weighted by atomic mass is 10.2. The first-order valence-corrected chi connectivity index (χ1v) is 10.1. The number of hydrogen-bond acceptors (Lipinski definition) is 4. The molecule has 31 heavy (non-hydrogen) atoms. The summed E-state index contributed by atoms with van der Waals surface area (Å²) in [7, 11) is 0. The Balaban J connectivity index is 1.54. The van der Waals surface area contributed by atoms with Crippen LogP contribution in [0.3, 0.4) is 0 Å². The highest BCUT2D eigenvalue weighted by atomic mass is 35.5. The maximum Gasteiger partial charge on any atom is 0.329 e. The van der Waals surface area contributed by atoms with Crippen LogP contribution in [0.1, 0.15) is 11.1 Å². The second-order valence-corrected chi connectivity index (χ2v) is 7.47. The number of amides is 2. The molecule has 0 bridgehead atoms. The number of carbonyl (C=O) groups is 2. The molecule has 2 amide bonds. The van der Waals surface area contributed by atoms with E-state index >= 15 is 0 Å². The van der Waals surface area contributed by atoms with Crippen LogP contribution in [0.2, 0.25) is 15.1 Å². The van der Waals surface area contributed by atoms with Gasteiger partial charge in [-0.25, -0.2) is 5.43 Å². The van der Waals surface area contributed by atoms with E-state index in [1.165, 1.54) is 6.21 Å². The number of halogens is 3. The molecule has 3 rings (SSSR count). The van der Waals surface area contributed by atoms with Gasteiger partial charge in [-0.2, -0.15) is 5.10 Å². The van der Waals surface area contributed by atoms with Crippen LogP contribution in [0.15, 0.2) is 71.8 Å². The van der Waals surface area contributed by atoms with Crippen LogP contribution in [0.5, 0.6) is 5.75 Å². The van der Waals surface area contributed by atoms with Gasteiger partial charge >= 0.3 is 11.8 Å². The lowest BCUT2D eigenvalue weighted by molar-refractivity contribution is -0.136. The van der Waals surface area contributed by atoms with Crippen LogP contribution in [-0.4, -0.2) is 18.0 Å². The smallest absolute Gasteiger partial charge is 0.329 e. The number of hydrogen-bond donors (Lipinski definition) is 2. The van der Waals surface area contributed by atoms with Crippen molar-refractivity contribution in [3.05, 3.63) is 92.9 Å². The lowest BCUT2D eigenvalue weighted by Crippen LogP contribution is -2.32. The highest BCUT2D eigenvalue weighted by Gasteiger charge is 2.12. The first kappa shape index (κ1) is 22.6.